The summed E-state index contributed by atoms with van der Waals surface area (Å²) < 4.78 is 31.5. The maximum absolute atomic E-state index is 11.9. The molecule has 0 radical (unpaired) electrons. The molecule has 1 atom stereocenters. The van der Waals surface area contributed by atoms with Crippen LogP contribution in [0, 0.1) is 0 Å². The molecule has 0 spiro atoms. The van der Waals surface area contributed by atoms with Gasteiger partial charge in [0.2, 0.25) is 12.2 Å². The zero-order valence-corrected chi connectivity index (χ0v) is 20.7. The summed E-state index contributed by atoms with van der Waals surface area (Å²) in [6, 6.07) is 5.26. The summed E-state index contributed by atoms with van der Waals surface area (Å²) in [5, 5.41) is 4.77. The predicted molar refractivity (Wildman–Crippen MR) is 126 cm³/mol. The van der Waals surface area contributed by atoms with Crippen molar-refractivity contribution in [2.45, 2.75) is 45.3 Å². The van der Waals surface area contributed by atoms with Gasteiger partial charge in [0, 0.05) is 25.2 Å². The fraction of sp³-hybridized carbons (Fsp3) is 0.522. The van der Waals surface area contributed by atoms with Crippen LogP contribution in [0.3, 0.4) is 0 Å². The van der Waals surface area contributed by atoms with Crippen molar-refractivity contribution in [1.29, 1.82) is 0 Å². The third-order valence-corrected chi connectivity index (χ3v) is 5.36. The Hall–Kier alpha value is -2.33. The molecule has 9 nitrogen and oxygen atoms in total. The smallest absolute Gasteiger partial charge is 0.314 e. The molecule has 1 aromatic carbocycles. The van der Waals surface area contributed by atoms with E-state index in [0.29, 0.717) is 59.3 Å². The van der Waals surface area contributed by atoms with Crippen LogP contribution in [0.25, 0.3) is 0 Å². The molecule has 1 unspecified atom stereocenters. The number of hydrogen-bond donors (Lipinski definition) is 0. The lowest BCUT2D eigenvalue weighted by Crippen LogP contribution is -2.20. The van der Waals surface area contributed by atoms with E-state index in [2.05, 4.69) is 10.1 Å². The first-order valence-corrected chi connectivity index (χ1v) is 11.8. The molecule has 2 heterocycles. The normalized spacial score (nSPS) is 13.9. The molecule has 34 heavy (non-hydrogen) atoms. The highest BCUT2D eigenvalue weighted by Gasteiger charge is 2.17. The van der Waals surface area contributed by atoms with Crippen LogP contribution in [-0.4, -0.2) is 57.0 Å². The van der Waals surface area contributed by atoms with Gasteiger partial charge in [-0.15, -0.1) is 0 Å². The molecule has 0 aliphatic carbocycles. The van der Waals surface area contributed by atoms with Crippen LogP contribution in [0.1, 0.15) is 43.2 Å². The fourth-order valence-corrected chi connectivity index (χ4v) is 3.81. The molecule has 0 saturated heterocycles. The largest absolute Gasteiger partial charge is 0.490 e. The van der Waals surface area contributed by atoms with Crippen LogP contribution in [0.5, 0.6) is 5.75 Å². The van der Waals surface area contributed by atoms with Crippen LogP contribution in [0.2, 0.25) is 10.0 Å². The van der Waals surface area contributed by atoms with Gasteiger partial charge < -0.3 is 28.2 Å². The monoisotopic (exact) mass is 514 g/mol. The van der Waals surface area contributed by atoms with Gasteiger partial charge in [0.1, 0.15) is 12.4 Å². The molecular formula is C23H28Cl2N2O7. The molecule has 0 saturated carbocycles. The number of aryl methyl sites for hydroxylation is 1. The third kappa shape index (κ3) is 8.16. The molecule has 1 aromatic heterocycles. The van der Waals surface area contributed by atoms with E-state index >= 15 is 0 Å². The average Bonchev–Trinajstić information content (AvgIpc) is 3.48. The van der Waals surface area contributed by atoms with E-state index in [1.54, 1.807) is 25.1 Å². The summed E-state index contributed by atoms with van der Waals surface area (Å²) in [7, 11) is 1.49. The highest BCUT2D eigenvalue weighted by atomic mass is 35.5. The SMILES string of the molecule is COCOC(C)OC(=O)Cc1cc(CCCCCOc2c(Cl)cc(C3=NCCO3)cc2Cl)on1. The summed E-state index contributed by atoms with van der Waals surface area (Å²) in [6.45, 7) is 3.34. The number of unbranched alkanes of at least 4 members (excludes halogenated alkanes) is 2. The van der Waals surface area contributed by atoms with Crippen LogP contribution in [-0.2, 0) is 36.6 Å². The standard InChI is InChI=1S/C23H28Cl2N2O7/c1-15(32-14-29-2)33-21(28)13-17-12-18(34-27-17)6-4-3-5-8-30-22-19(24)10-16(11-20(22)25)23-26-7-9-31-23/h10-12,15H,3-9,13-14H2,1-2H3. The van der Waals surface area contributed by atoms with E-state index in [9.17, 15) is 4.79 Å². The van der Waals surface area contributed by atoms with E-state index in [1.807, 2.05) is 0 Å². The van der Waals surface area contributed by atoms with Crippen molar-refractivity contribution in [2.24, 2.45) is 4.99 Å². The second-order valence-electron chi connectivity index (χ2n) is 7.56. The van der Waals surface area contributed by atoms with E-state index < -0.39 is 12.3 Å². The van der Waals surface area contributed by atoms with Gasteiger partial charge in [0.15, 0.2) is 12.5 Å². The minimum absolute atomic E-state index is 0.0117. The minimum Gasteiger partial charge on any atom is -0.490 e. The Morgan fingerprint density at radius 2 is 1.97 bits per heavy atom. The second kappa shape index (κ2) is 13.5. The van der Waals surface area contributed by atoms with Gasteiger partial charge in [0.05, 0.1) is 35.3 Å². The Balaban J connectivity index is 1.34. The van der Waals surface area contributed by atoms with Crippen molar-refractivity contribution in [3.05, 3.63) is 45.3 Å². The van der Waals surface area contributed by atoms with Crippen molar-refractivity contribution >= 4 is 35.1 Å². The van der Waals surface area contributed by atoms with E-state index in [0.717, 1.165) is 24.8 Å². The van der Waals surface area contributed by atoms with Crippen LogP contribution < -0.4 is 4.74 Å². The van der Waals surface area contributed by atoms with Crippen molar-refractivity contribution < 1.29 is 33.0 Å². The quantitative estimate of drug-likeness (QED) is 0.204. The summed E-state index contributed by atoms with van der Waals surface area (Å²) in [5.74, 6) is 1.27. The van der Waals surface area contributed by atoms with Crippen molar-refractivity contribution in [1.82, 2.24) is 5.16 Å². The average molecular weight is 515 g/mol. The number of rotatable bonds is 14. The number of ether oxygens (including phenoxy) is 5. The molecule has 11 heteroatoms. The van der Waals surface area contributed by atoms with Crippen molar-refractivity contribution in [3.63, 3.8) is 0 Å². The number of nitrogens with zero attached hydrogens (tertiary/aromatic N) is 2. The molecule has 3 rings (SSSR count). The number of halogens is 2. The zero-order chi connectivity index (χ0) is 24.3. The van der Waals surface area contributed by atoms with Crippen LogP contribution in [0.15, 0.2) is 27.7 Å². The minimum atomic E-state index is -0.695. The molecule has 186 valence electrons. The Morgan fingerprint density at radius 1 is 1.18 bits per heavy atom. The molecule has 1 aliphatic heterocycles. The van der Waals surface area contributed by atoms with Crippen LogP contribution in [0.4, 0.5) is 0 Å². The van der Waals surface area contributed by atoms with Gasteiger partial charge in [-0.3, -0.25) is 4.79 Å². The molecule has 0 amide bonds. The Bertz CT molecular complexity index is 957. The number of aromatic nitrogens is 1. The molecule has 1 aliphatic rings. The Kier molecular flexibility index (Phi) is 10.5. The highest BCUT2D eigenvalue weighted by Crippen LogP contribution is 2.35. The lowest BCUT2D eigenvalue weighted by Gasteiger charge is -2.12. The summed E-state index contributed by atoms with van der Waals surface area (Å²) in [5.41, 5.74) is 1.26. The van der Waals surface area contributed by atoms with E-state index in [4.69, 9.17) is 51.4 Å². The predicted octanol–water partition coefficient (Wildman–Crippen LogP) is 4.60. The first-order valence-electron chi connectivity index (χ1n) is 11.0. The number of methoxy groups -OCH3 is 1. The van der Waals surface area contributed by atoms with Gasteiger partial charge in [-0.1, -0.05) is 28.4 Å². The number of esters is 1. The zero-order valence-electron chi connectivity index (χ0n) is 19.2. The Labute approximate surface area is 208 Å². The summed E-state index contributed by atoms with van der Waals surface area (Å²) in [6.07, 6.45) is 2.62. The maximum atomic E-state index is 11.9. The first-order chi connectivity index (χ1) is 16.5. The van der Waals surface area contributed by atoms with Crippen molar-refractivity contribution in [3.8, 4) is 5.75 Å². The van der Waals surface area contributed by atoms with E-state index in [-0.39, 0.29) is 13.2 Å². The summed E-state index contributed by atoms with van der Waals surface area (Å²) in [4.78, 5) is 16.2. The highest BCUT2D eigenvalue weighted by molar-refractivity contribution is 6.37. The van der Waals surface area contributed by atoms with Crippen LogP contribution >= 0.6 is 23.2 Å². The molecule has 0 bridgehead atoms. The first kappa shape index (κ1) is 26.3. The number of carbonyl (C=O) groups is 1. The second-order valence-corrected chi connectivity index (χ2v) is 8.37. The molecular weight excluding hydrogens is 487 g/mol. The van der Waals surface area contributed by atoms with Crippen molar-refractivity contribution in [2.75, 3.05) is 33.7 Å². The Morgan fingerprint density at radius 3 is 2.68 bits per heavy atom. The molecule has 0 N–H and O–H groups in total. The number of carbonyl (C=O) groups excluding carboxylic acids is 1. The maximum Gasteiger partial charge on any atom is 0.314 e. The van der Waals surface area contributed by atoms with Gasteiger partial charge in [0.25, 0.3) is 0 Å². The topological polar surface area (TPSA) is 102 Å². The fourth-order valence-electron chi connectivity index (χ4n) is 3.21. The molecule has 2 aromatic rings. The van der Waals surface area contributed by atoms with Gasteiger partial charge in [-0.2, -0.15) is 0 Å². The number of hydrogen-bond acceptors (Lipinski definition) is 9. The molecule has 0 fully saturated rings. The summed E-state index contributed by atoms with van der Waals surface area (Å²) >= 11 is 12.7. The van der Waals surface area contributed by atoms with Gasteiger partial charge in [-0.25, -0.2) is 4.99 Å². The number of benzene rings is 1. The lowest BCUT2D eigenvalue weighted by atomic mass is 10.1. The van der Waals surface area contributed by atoms with Gasteiger partial charge >= 0.3 is 5.97 Å². The van der Waals surface area contributed by atoms with E-state index in [1.165, 1.54) is 7.11 Å². The third-order valence-electron chi connectivity index (χ3n) is 4.80. The lowest BCUT2D eigenvalue weighted by molar-refractivity contribution is -0.192. The number of aliphatic imine (C=N–C) groups is 1. The van der Waals surface area contributed by atoms with Gasteiger partial charge in [-0.05, 0) is 38.3 Å².